The van der Waals surface area contributed by atoms with Gasteiger partial charge in [-0.25, -0.2) is 9.97 Å². The number of thiophene rings is 1. The van der Waals surface area contributed by atoms with E-state index in [0.29, 0.717) is 12.5 Å². The Morgan fingerprint density at radius 2 is 2.21 bits per heavy atom. The first-order valence-corrected chi connectivity index (χ1v) is 7.64. The number of rotatable bonds is 7. The third kappa shape index (κ3) is 3.88. The van der Waals surface area contributed by atoms with Crippen molar-refractivity contribution in [2.24, 2.45) is 5.92 Å². The number of nitrogens with zero attached hydrogens (tertiary/aromatic N) is 2. The minimum absolute atomic E-state index is 0.479. The molecular weight excluding hydrogens is 258 g/mol. The lowest BCUT2D eigenvalue weighted by molar-refractivity contribution is 0.0926. The second kappa shape index (κ2) is 6.82. The van der Waals surface area contributed by atoms with Crippen LogP contribution in [0.5, 0.6) is 0 Å². The van der Waals surface area contributed by atoms with E-state index in [4.69, 9.17) is 4.74 Å². The molecule has 0 unspecified atom stereocenters. The van der Waals surface area contributed by atoms with Crippen LogP contribution in [0.1, 0.15) is 33.0 Å². The predicted octanol–water partition coefficient (Wildman–Crippen LogP) is 3.69. The molecule has 2 heterocycles. The summed E-state index contributed by atoms with van der Waals surface area (Å²) in [6.07, 6.45) is 1.08. The van der Waals surface area contributed by atoms with Gasteiger partial charge in [-0.05, 0) is 23.8 Å². The molecule has 0 saturated carbocycles. The van der Waals surface area contributed by atoms with Crippen molar-refractivity contribution < 1.29 is 4.74 Å². The monoisotopic (exact) mass is 279 g/mol. The summed E-state index contributed by atoms with van der Waals surface area (Å²) in [4.78, 5) is 10.1. The summed E-state index contributed by atoms with van der Waals surface area (Å²) in [7, 11) is 0. The highest BCUT2D eigenvalue weighted by Crippen LogP contribution is 2.25. The smallest absolute Gasteiger partial charge is 0.158 e. The summed E-state index contributed by atoms with van der Waals surface area (Å²) in [5.74, 6) is 2.22. The van der Waals surface area contributed by atoms with Crippen molar-refractivity contribution in [3.05, 3.63) is 17.3 Å². The zero-order valence-electron chi connectivity index (χ0n) is 11.8. The second-order valence-electron chi connectivity index (χ2n) is 4.96. The fourth-order valence-corrected chi connectivity index (χ4v) is 2.51. The van der Waals surface area contributed by atoms with Crippen LogP contribution in [0.15, 0.2) is 11.4 Å². The summed E-state index contributed by atoms with van der Waals surface area (Å²) in [6.45, 7) is 8.56. The second-order valence-corrected chi connectivity index (χ2v) is 5.86. The van der Waals surface area contributed by atoms with Crippen molar-refractivity contribution in [1.82, 2.24) is 9.97 Å². The van der Waals surface area contributed by atoms with Gasteiger partial charge >= 0.3 is 0 Å². The van der Waals surface area contributed by atoms with Crippen LogP contribution in [0, 0.1) is 5.92 Å². The highest BCUT2D eigenvalue weighted by atomic mass is 32.1. The molecule has 0 aliphatic carbocycles. The van der Waals surface area contributed by atoms with Crippen LogP contribution in [0.4, 0.5) is 5.82 Å². The van der Waals surface area contributed by atoms with E-state index in [2.05, 4.69) is 47.5 Å². The van der Waals surface area contributed by atoms with E-state index in [-0.39, 0.29) is 0 Å². The van der Waals surface area contributed by atoms with Gasteiger partial charge in [0, 0.05) is 13.2 Å². The highest BCUT2D eigenvalue weighted by molar-refractivity contribution is 7.16. The van der Waals surface area contributed by atoms with Crippen molar-refractivity contribution in [1.29, 1.82) is 0 Å². The zero-order chi connectivity index (χ0) is 13.7. The first kappa shape index (κ1) is 14.2. The lowest BCUT2D eigenvalue weighted by Crippen LogP contribution is -2.08. The Balaban J connectivity index is 2.14. The summed E-state index contributed by atoms with van der Waals surface area (Å²) >= 11 is 1.64. The topological polar surface area (TPSA) is 47.0 Å². The van der Waals surface area contributed by atoms with E-state index in [1.165, 1.54) is 0 Å². The van der Waals surface area contributed by atoms with Crippen LogP contribution in [-0.2, 0) is 11.3 Å². The molecule has 0 fully saturated rings. The van der Waals surface area contributed by atoms with Crippen molar-refractivity contribution in [2.75, 3.05) is 18.5 Å². The van der Waals surface area contributed by atoms with Crippen LogP contribution >= 0.6 is 11.3 Å². The SMILES string of the molecule is CCCNc1nc(COCC(C)C)nc2sccc12. The number of hydrogen-bond acceptors (Lipinski definition) is 5. The Hall–Kier alpha value is -1.20. The largest absolute Gasteiger partial charge is 0.373 e. The lowest BCUT2D eigenvalue weighted by Gasteiger charge is -2.09. The van der Waals surface area contributed by atoms with E-state index >= 15 is 0 Å². The van der Waals surface area contributed by atoms with Gasteiger partial charge in [0.1, 0.15) is 17.3 Å². The van der Waals surface area contributed by atoms with E-state index in [1.807, 2.05) is 0 Å². The summed E-state index contributed by atoms with van der Waals surface area (Å²) < 4.78 is 5.62. The molecule has 2 rings (SSSR count). The van der Waals surface area contributed by atoms with E-state index in [9.17, 15) is 0 Å². The van der Waals surface area contributed by atoms with Gasteiger partial charge in [0.15, 0.2) is 5.82 Å². The molecule has 5 heteroatoms. The van der Waals surface area contributed by atoms with Crippen LogP contribution < -0.4 is 5.32 Å². The number of aromatic nitrogens is 2. The maximum absolute atomic E-state index is 5.62. The molecule has 0 spiro atoms. The maximum atomic E-state index is 5.62. The van der Waals surface area contributed by atoms with Gasteiger partial charge in [0.25, 0.3) is 0 Å². The number of ether oxygens (including phenoxy) is 1. The van der Waals surface area contributed by atoms with Gasteiger partial charge in [-0.1, -0.05) is 20.8 Å². The first-order chi connectivity index (χ1) is 9.20. The fourth-order valence-electron chi connectivity index (χ4n) is 1.73. The molecule has 2 aromatic rings. The molecule has 0 aromatic carbocycles. The molecule has 0 saturated heterocycles. The van der Waals surface area contributed by atoms with Crippen molar-refractivity contribution in [2.45, 2.75) is 33.8 Å². The van der Waals surface area contributed by atoms with Crippen molar-refractivity contribution in [3.8, 4) is 0 Å². The number of nitrogens with one attached hydrogen (secondary N) is 1. The predicted molar refractivity (Wildman–Crippen MR) is 80.7 cm³/mol. The minimum atomic E-state index is 0.479. The van der Waals surface area contributed by atoms with Gasteiger partial charge < -0.3 is 10.1 Å². The van der Waals surface area contributed by atoms with Gasteiger partial charge in [-0.3, -0.25) is 0 Å². The van der Waals surface area contributed by atoms with Crippen LogP contribution in [0.2, 0.25) is 0 Å². The quantitative estimate of drug-likeness (QED) is 0.839. The first-order valence-electron chi connectivity index (χ1n) is 6.76. The molecule has 0 amide bonds. The molecule has 0 aliphatic rings. The molecule has 0 radical (unpaired) electrons. The number of fused-ring (bicyclic) bond motifs is 1. The molecule has 2 aromatic heterocycles. The van der Waals surface area contributed by atoms with Gasteiger partial charge in [-0.2, -0.15) is 0 Å². The third-order valence-electron chi connectivity index (χ3n) is 2.60. The Morgan fingerprint density at radius 1 is 1.37 bits per heavy atom. The van der Waals surface area contributed by atoms with Crippen molar-refractivity contribution >= 4 is 27.4 Å². The fraction of sp³-hybridized carbons (Fsp3) is 0.571. The molecule has 0 aliphatic heterocycles. The van der Waals surface area contributed by atoms with Crippen LogP contribution in [0.25, 0.3) is 10.2 Å². The third-order valence-corrected chi connectivity index (χ3v) is 3.40. The highest BCUT2D eigenvalue weighted by Gasteiger charge is 2.08. The molecule has 0 bridgehead atoms. The van der Waals surface area contributed by atoms with Crippen LogP contribution in [0.3, 0.4) is 0 Å². The molecular formula is C14H21N3OS. The average Bonchev–Trinajstić information content (AvgIpc) is 2.83. The van der Waals surface area contributed by atoms with E-state index in [1.54, 1.807) is 11.3 Å². The van der Waals surface area contributed by atoms with E-state index in [0.717, 1.165) is 41.4 Å². The average molecular weight is 279 g/mol. The van der Waals surface area contributed by atoms with Crippen LogP contribution in [-0.4, -0.2) is 23.1 Å². The summed E-state index contributed by atoms with van der Waals surface area (Å²) in [5.41, 5.74) is 0. The molecule has 19 heavy (non-hydrogen) atoms. The minimum Gasteiger partial charge on any atom is -0.373 e. The molecule has 0 atom stereocenters. The van der Waals surface area contributed by atoms with Gasteiger partial charge in [0.05, 0.1) is 5.39 Å². The van der Waals surface area contributed by atoms with Crippen molar-refractivity contribution in [3.63, 3.8) is 0 Å². The zero-order valence-corrected chi connectivity index (χ0v) is 12.6. The Bertz CT molecular complexity index is 524. The van der Waals surface area contributed by atoms with E-state index < -0.39 is 0 Å². The Morgan fingerprint density at radius 3 is 2.95 bits per heavy atom. The normalized spacial score (nSPS) is 11.4. The standard InChI is InChI=1S/C14H21N3OS/c1-4-6-15-13-11-5-7-19-14(11)17-12(16-13)9-18-8-10(2)3/h5,7,10H,4,6,8-9H2,1-3H3,(H,15,16,17). The summed E-state index contributed by atoms with van der Waals surface area (Å²) in [5, 5.41) is 6.52. The molecule has 4 nitrogen and oxygen atoms in total. The van der Waals surface area contributed by atoms with Gasteiger partial charge in [0.2, 0.25) is 0 Å². The maximum Gasteiger partial charge on any atom is 0.158 e. The molecule has 104 valence electrons. The van der Waals surface area contributed by atoms with Gasteiger partial charge in [-0.15, -0.1) is 11.3 Å². The Kier molecular flexibility index (Phi) is 5.10. The lowest BCUT2D eigenvalue weighted by atomic mass is 10.2. The number of hydrogen-bond donors (Lipinski definition) is 1. The summed E-state index contributed by atoms with van der Waals surface area (Å²) in [6, 6.07) is 2.07. The molecule has 1 N–H and O–H groups in total. The Labute approximate surface area is 118 Å². The number of anilines is 1.